The van der Waals surface area contributed by atoms with Crippen LogP contribution in [-0.4, -0.2) is 18.2 Å². The van der Waals surface area contributed by atoms with E-state index in [1.54, 1.807) is 0 Å². The van der Waals surface area contributed by atoms with E-state index in [0.29, 0.717) is 11.7 Å². The van der Waals surface area contributed by atoms with E-state index < -0.39 is 0 Å². The molecule has 1 fully saturated rings. The predicted octanol–water partition coefficient (Wildman–Crippen LogP) is 3.37. The molecule has 1 saturated heterocycles. The maximum Gasteiger partial charge on any atom is 0.122 e. The monoisotopic (exact) mass is 247 g/mol. The standard InChI is InChI=1S/C16H25NO/c1-11(2)14-5-4-12(3)15(16(14)18)10-13-6-8-17-9-7-13/h4-5,11,13,17-18H,6-10H2,1-3H3. The van der Waals surface area contributed by atoms with Gasteiger partial charge in [-0.1, -0.05) is 26.0 Å². The summed E-state index contributed by atoms with van der Waals surface area (Å²) in [4.78, 5) is 0. The summed E-state index contributed by atoms with van der Waals surface area (Å²) in [6.07, 6.45) is 3.48. The van der Waals surface area contributed by atoms with Crippen molar-refractivity contribution >= 4 is 0 Å². The third-order valence-electron chi connectivity index (χ3n) is 4.12. The minimum absolute atomic E-state index is 0.386. The molecule has 0 amide bonds. The predicted molar refractivity (Wildman–Crippen MR) is 76.2 cm³/mol. The molecule has 2 N–H and O–H groups in total. The molecule has 1 aliphatic rings. The maximum absolute atomic E-state index is 10.5. The molecular formula is C16H25NO. The van der Waals surface area contributed by atoms with Gasteiger partial charge in [-0.3, -0.25) is 0 Å². The van der Waals surface area contributed by atoms with Crippen LogP contribution in [0.25, 0.3) is 0 Å². The largest absolute Gasteiger partial charge is 0.507 e. The Balaban J connectivity index is 2.22. The molecule has 0 spiro atoms. The van der Waals surface area contributed by atoms with Crippen LogP contribution in [0.3, 0.4) is 0 Å². The second kappa shape index (κ2) is 5.75. The third kappa shape index (κ3) is 2.86. The zero-order valence-corrected chi connectivity index (χ0v) is 11.8. The minimum atomic E-state index is 0.386. The van der Waals surface area contributed by atoms with Gasteiger partial charge in [0.05, 0.1) is 0 Å². The highest BCUT2D eigenvalue weighted by Crippen LogP contribution is 2.33. The van der Waals surface area contributed by atoms with Crippen LogP contribution in [0.2, 0.25) is 0 Å². The number of hydrogen-bond donors (Lipinski definition) is 2. The second-order valence-corrected chi connectivity index (χ2v) is 5.85. The van der Waals surface area contributed by atoms with Crippen molar-refractivity contribution in [1.29, 1.82) is 0 Å². The van der Waals surface area contributed by atoms with Crippen LogP contribution < -0.4 is 5.32 Å². The lowest BCUT2D eigenvalue weighted by Gasteiger charge is -2.24. The summed E-state index contributed by atoms with van der Waals surface area (Å²) in [7, 11) is 0. The van der Waals surface area contributed by atoms with E-state index in [9.17, 15) is 5.11 Å². The molecule has 1 aliphatic heterocycles. The Hall–Kier alpha value is -1.02. The van der Waals surface area contributed by atoms with Crippen molar-refractivity contribution in [2.45, 2.75) is 46.0 Å². The zero-order valence-electron chi connectivity index (χ0n) is 11.8. The van der Waals surface area contributed by atoms with Crippen LogP contribution in [0.5, 0.6) is 5.75 Å². The molecule has 1 aromatic carbocycles. The van der Waals surface area contributed by atoms with Crippen molar-refractivity contribution in [2.75, 3.05) is 13.1 Å². The van der Waals surface area contributed by atoms with E-state index in [0.717, 1.165) is 31.0 Å². The van der Waals surface area contributed by atoms with Crippen LogP contribution in [0.4, 0.5) is 0 Å². The summed E-state index contributed by atoms with van der Waals surface area (Å²) >= 11 is 0. The normalized spacial score (nSPS) is 17.3. The minimum Gasteiger partial charge on any atom is -0.507 e. The fourth-order valence-corrected chi connectivity index (χ4v) is 2.85. The van der Waals surface area contributed by atoms with E-state index in [-0.39, 0.29) is 0 Å². The number of aromatic hydroxyl groups is 1. The van der Waals surface area contributed by atoms with Crippen LogP contribution >= 0.6 is 0 Å². The van der Waals surface area contributed by atoms with Gasteiger partial charge in [0.15, 0.2) is 0 Å². The highest BCUT2D eigenvalue weighted by Gasteiger charge is 2.19. The highest BCUT2D eigenvalue weighted by atomic mass is 16.3. The molecule has 2 rings (SSSR count). The van der Waals surface area contributed by atoms with E-state index in [1.165, 1.54) is 24.0 Å². The summed E-state index contributed by atoms with van der Waals surface area (Å²) in [6.45, 7) is 8.63. The van der Waals surface area contributed by atoms with Gasteiger partial charge in [-0.25, -0.2) is 0 Å². The van der Waals surface area contributed by atoms with Gasteiger partial charge in [0.1, 0.15) is 5.75 Å². The molecule has 100 valence electrons. The molecule has 0 bridgehead atoms. The first-order valence-corrected chi connectivity index (χ1v) is 7.11. The summed E-state index contributed by atoms with van der Waals surface area (Å²) < 4.78 is 0. The fraction of sp³-hybridized carbons (Fsp3) is 0.625. The average molecular weight is 247 g/mol. The number of phenols is 1. The van der Waals surface area contributed by atoms with Gasteiger partial charge in [0.2, 0.25) is 0 Å². The quantitative estimate of drug-likeness (QED) is 0.858. The van der Waals surface area contributed by atoms with Crippen molar-refractivity contribution in [3.05, 3.63) is 28.8 Å². The Morgan fingerprint density at radius 3 is 2.56 bits per heavy atom. The van der Waals surface area contributed by atoms with Crippen LogP contribution in [0, 0.1) is 12.8 Å². The number of hydrogen-bond acceptors (Lipinski definition) is 2. The molecular weight excluding hydrogens is 222 g/mol. The highest BCUT2D eigenvalue weighted by molar-refractivity contribution is 5.46. The Labute approximate surface area is 110 Å². The number of nitrogens with one attached hydrogen (secondary N) is 1. The van der Waals surface area contributed by atoms with Gasteiger partial charge in [-0.05, 0) is 67.8 Å². The van der Waals surface area contributed by atoms with Gasteiger partial charge < -0.3 is 10.4 Å². The molecule has 18 heavy (non-hydrogen) atoms. The Morgan fingerprint density at radius 2 is 1.94 bits per heavy atom. The second-order valence-electron chi connectivity index (χ2n) is 5.85. The van der Waals surface area contributed by atoms with Crippen LogP contribution in [-0.2, 0) is 6.42 Å². The van der Waals surface area contributed by atoms with E-state index in [4.69, 9.17) is 0 Å². The number of piperidine rings is 1. The number of rotatable bonds is 3. The van der Waals surface area contributed by atoms with Crippen LogP contribution in [0.15, 0.2) is 12.1 Å². The van der Waals surface area contributed by atoms with Crippen molar-refractivity contribution in [2.24, 2.45) is 5.92 Å². The van der Waals surface area contributed by atoms with E-state index >= 15 is 0 Å². The smallest absolute Gasteiger partial charge is 0.122 e. The molecule has 0 saturated carbocycles. The Morgan fingerprint density at radius 1 is 1.28 bits per heavy atom. The lowest BCUT2D eigenvalue weighted by molar-refractivity contribution is 0.365. The zero-order chi connectivity index (χ0) is 13.1. The fourth-order valence-electron chi connectivity index (χ4n) is 2.85. The summed E-state index contributed by atoms with van der Waals surface area (Å²) in [5.74, 6) is 1.65. The molecule has 2 nitrogen and oxygen atoms in total. The molecule has 0 atom stereocenters. The summed E-state index contributed by atoms with van der Waals surface area (Å²) in [5.41, 5.74) is 3.49. The molecule has 0 unspecified atom stereocenters. The summed E-state index contributed by atoms with van der Waals surface area (Å²) in [6, 6.07) is 4.23. The Kier molecular flexibility index (Phi) is 4.28. The van der Waals surface area contributed by atoms with Gasteiger partial charge in [-0.15, -0.1) is 0 Å². The molecule has 1 heterocycles. The lowest BCUT2D eigenvalue weighted by atomic mass is 9.86. The van der Waals surface area contributed by atoms with Crippen molar-refractivity contribution in [3.63, 3.8) is 0 Å². The third-order valence-corrected chi connectivity index (χ3v) is 4.12. The summed E-state index contributed by atoms with van der Waals surface area (Å²) in [5, 5.41) is 13.9. The molecule has 0 aliphatic carbocycles. The number of benzene rings is 1. The molecule has 0 radical (unpaired) electrons. The average Bonchev–Trinajstić information content (AvgIpc) is 2.35. The van der Waals surface area contributed by atoms with Gasteiger partial charge in [0, 0.05) is 0 Å². The SMILES string of the molecule is Cc1ccc(C(C)C)c(O)c1CC1CCNCC1. The molecule has 0 aromatic heterocycles. The first-order valence-electron chi connectivity index (χ1n) is 7.11. The first-order chi connectivity index (χ1) is 8.59. The molecule has 1 aromatic rings. The van der Waals surface area contributed by atoms with E-state index in [1.807, 2.05) is 0 Å². The van der Waals surface area contributed by atoms with Crippen molar-refractivity contribution < 1.29 is 5.11 Å². The van der Waals surface area contributed by atoms with Gasteiger partial charge in [0.25, 0.3) is 0 Å². The molecule has 2 heteroatoms. The van der Waals surface area contributed by atoms with Gasteiger partial charge in [-0.2, -0.15) is 0 Å². The Bertz CT molecular complexity index is 406. The topological polar surface area (TPSA) is 32.3 Å². The number of phenolic OH excluding ortho intramolecular Hbond substituents is 1. The lowest BCUT2D eigenvalue weighted by Crippen LogP contribution is -2.28. The van der Waals surface area contributed by atoms with Gasteiger partial charge >= 0.3 is 0 Å². The van der Waals surface area contributed by atoms with Crippen molar-refractivity contribution in [1.82, 2.24) is 5.32 Å². The first kappa shape index (κ1) is 13.4. The maximum atomic E-state index is 10.5. The van der Waals surface area contributed by atoms with E-state index in [2.05, 4.69) is 38.2 Å². The number of aryl methyl sites for hydroxylation is 1. The van der Waals surface area contributed by atoms with Crippen molar-refractivity contribution in [3.8, 4) is 5.75 Å². The van der Waals surface area contributed by atoms with Crippen LogP contribution in [0.1, 0.15) is 49.3 Å².